The molecular formula is C16H18ClN. The van der Waals surface area contributed by atoms with Crippen molar-refractivity contribution < 1.29 is 0 Å². The average Bonchev–Trinajstić information content (AvgIpc) is 2.32. The van der Waals surface area contributed by atoms with E-state index in [-0.39, 0.29) is 6.04 Å². The third-order valence-corrected chi connectivity index (χ3v) is 3.41. The molecule has 0 amide bonds. The van der Waals surface area contributed by atoms with Crippen LogP contribution in [0.25, 0.3) is 0 Å². The standard InChI is InChI=1S/C16H18ClN/c1-11-4-3-5-13(8-11)9-16(18)15-10-14(17)7-6-12(15)2/h3-8,10,16H,9,18H2,1-2H3. The fourth-order valence-electron chi connectivity index (χ4n) is 2.21. The Bertz CT molecular complexity index is 549. The first-order valence-corrected chi connectivity index (χ1v) is 6.51. The molecule has 0 saturated carbocycles. The van der Waals surface area contributed by atoms with Crippen molar-refractivity contribution >= 4 is 11.6 Å². The van der Waals surface area contributed by atoms with Gasteiger partial charge in [0.2, 0.25) is 0 Å². The van der Waals surface area contributed by atoms with Crippen LogP contribution in [0.5, 0.6) is 0 Å². The molecule has 0 heterocycles. The highest BCUT2D eigenvalue weighted by Gasteiger charge is 2.10. The van der Waals surface area contributed by atoms with Gasteiger partial charge in [-0.3, -0.25) is 0 Å². The topological polar surface area (TPSA) is 26.0 Å². The van der Waals surface area contributed by atoms with Gasteiger partial charge >= 0.3 is 0 Å². The molecule has 0 aliphatic rings. The zero-order chi connectivity index (χ0) is 13.1. The van der Waals surface area contributed by atoms with Crippen molar-refractivity contribution in [2.75, 3.05) is 0 Å². The third kappa shape index (κ3) is 3.12. The summed E-state index contributed by atoms with van der Waals surface area (Å²) in [6.07, 6.45) is 0.836. The van der Waals surface area contributed by atoms with Crippen LogP contribution in [0.15, 0.2) is 42.5 Å². The number of halogens is 1. The first-order chi connectivity index (χ1) is 8.56. The monoisotopic (exact) mass is 259 g/mol. The molecule has 2 aromatic rings. The highest BCUT2D eigenvalue weighted by Crippen LogP contribution is 2.23. The van der Waals surface area contributed by atoms with Crippen LogP contribution in [-0.4, -0.2) is 0 Å². The zero-order valence-electron chi connectivity index (χ0n) is 10.8. The van der Waals surface area contributed by atoms with Crippen LogP contribution >= 0.6 is 11.6 Å². The largest absolute Gasteiger partial charge is 0.324 e. The van der Waals surface area contributed by atoms with Crippen molar-refractivity contribution in [3.63, 3.8) is 0 Å². The highest BCUT2D eigenvalue weighted by molar-refractivity contribution is 6.30. The molecule has 0 spiro atoms. The molecule has 1 unspecified atom stereocenters. The number of benzene rings is 2. The van der Waals surface area contributed by atoms with E-state index in [1.165, 1.54) is 16.7 Å². The number of rotatable bonds is 3. The van der Waals surface area contributed by atoms with Gasteiger partial charge in [0.05, 0.1) is 0 Å². The lowest BCUT2D eigenvalue weighted by atomic mass is 9.95. The Morgan fingerprint density at radius 2 is 1.89 bits per heavy atom. The summed E-state index contributed by atoms with van der Waals surface area (Å²) in [6, 6.07) is 14.4. The molecule has 0 bridgehead atoms. The minimum absolute atomic E-state index is 0.00880. The fraction of sp³-hybridized carbons (Fsp3) is 0.250. The zero-order valence-corrected chi connectivity index (χ0v) is 11.5. The first-order valence-electron chi connectivity index (χ1n) is 6.13. The first kappa shape index (κ1) is 13.1. The maximum absolute atomic E-state index is 6.29. The summed E-state index contributed by atoms with van der Waals surface area (Å²) in [5.41, 5.74) is 11.1. The summed E-state index contributed by atoms with van der Waals surface area (Å²) in [5, 5.41) is 0.746. The Balaban J connectivity index is 2.21. The molecule has 2 rings (SSSR count). The molecule has 1 nitrogen and oxygen atoms in total. The molecule has 2 aromatic carbocycles. The lowest BCUT2D eigenvalue weighted by Gasteiger charge is -2.15. The van der Waals surface area contributed by atoms with Crippen molar-refractivity contribution in [1.82, 2.24) is 0 Å². The quantitative estimate of drug-likeness (QED) is 0.878. The van der Waals surface area contributed by atoms with Gasteiger partial charge in [0.25, 0.3) is 0 Å². The average molecular weight is 260 g/mol. The summed E-state index contributed by atoms with van der Waals surface area (Å²) in [5.74, 6) is 0. The normalized spacial score (nSPS) is 12.4. The summed E-state index contributed by atoms with van der Waals surface area (Å²) in [7, 11) is 0. The third-order valence-electron chi connectivity index (χ3n) is 3.18. The van der Waals surface area contributed by atoms with E-state index in [2.05, 4.69) is 38.1 Å². The Labute approximate surface area is 114 Å². The summed E-state index contributed by atoms with van der Waals surface area (Å²) in [6.45, 7) is 4.17. The molecule has 94 valence electrons. The lowest BCUT2D eigenvalue weighted by molar-refractivity contribution is 0.716. The highest BCUT2D eigenvalue weighted by atomic mass is 35.5. The van der Waals surface area contributed by atoms with E-state index in [4.69, 9.17) is 17.3 Å². The van der Waals surface area contributed by atoms with E-state index >= 15 is 0 Å². The van der Waals surface area contributed by atoms with E-state index in [9.17, 15) is 0 Å². The van der Waals surface area contributed by atoms with Crippen molar-refractivity contribution in [2.24, 2.45) is 5.73 Å². The van der Waals surface area contributed by atoms with Crippen molar-refractivity contribution in [3.05, 3.63) is 69.7 Å². The molecule has 0 aliphatic carbocycles. The number of nitrogens with two attached hydrogens (primary N) is 1. The Morgan fingerprint density at radius 3 is 2.61 bits per heavy atom. The number of hydrogen-bond donors (Lipinski definition) is 1. The molecule has 0 aliphatic heterocycles. The minimum atomic E-state index is -0.00880. The second-order valence-electron chi connectivity index (χ2n) is 4.80. The molecular weight excluding hydrogens is 242 g/mol. The van der Waals surface area contributed by atoms with E-state index in [0.29, 0.717) is 0 Å². The Kier molecular flexibility index (Phi) is 4.05. The second kappa shape index (κ2) is 5.55. The van der Waals surface area contributed by atoms with Crippen LogP contribution in [0.4, 0.5) is 0 Å². The minimum Gasteiger partial charge on any atom is -0.324 e. The second-order valence-corrected chi connectivity index (χ2v) is 5.24. The molecule has 0 radical (unpaired) electrons. The summed E-state index contributed by atoms with van der Waals surface area (Å²) < 4.78 is 0. The number of aryl methyl sites for hydroxylation is 2. The van der Waals surface area contributed by atoms with Gasteiger partial charge in [0.15, 0.2) is 0 Å². The summed E-state index contributed by atoms with van der Waals surface area (Å²) in [4.78, 5) is 0. The van der Waals surface area contributed by atoms with Gasteiger partial charge in [-0.2, -0.15) is 0 Å². The van der Waals surface area contributed by atoms with Crippen molar-refractivity contribution in [2.45, 2.75) is 26.3 Å². The van der Waals surface area contributed by atoms with Gasteiger partial charge in [-0.15, -0.1) is 0 Å². The van der Waals surface area contributed by atoms with Crippen molar-refractivity contribution in [3.8, 4) is 0 Å². The Hall–Kier alpha value is -1.31. The molecule has 0 saturated heterocycles. The van der Waals surface area contributed by atoms with Crippen LogP contribution in [0.2, 0.25) is 5.02 Å². The molecule has 0 fully saturated rings. The lowest BCUT2D eigenvalue weighted by Crippen LogP contribution is -2.14. The molecule has 1 atom stereocenters. The maximum atomic E-state index is 6.29. The SMILES string of the molecule is Cc1cccc(CC(N)c2cc(Cl)ccc2C)c1. The molecule has 2 heteroatoms. The van der Waals surface area contributed by atoms with Gasteiger partial charge in [0.1, 0.15) is 0 Å². The van der Waals surface area contributed by atoms with Gasteiger partial charge in [-0.1, -0.05) is 47.5 Å². The van der Waals surface area contributed by atoms with E-state index in [1.807, 2.05) is 18.2 Å². The van der Waals surface area contributed by atoms with Crippen LogP contribution in [0.1, 0.15) is 28.3 Å². The van der Waals surface area contributed by atoms with Gasteiger partial charge in [-0.25, -0.2) is 0 Å². The Morgan fingerprint density at radius 1 is 1.11 bits per heavy atom. The van der Waals surface area contributed by atoms with E-state index in [1.54, 1.807) is 0 Å². The van der Waals surface area contributed by atoms with Gasteiger partial charge in [-0.05, 0) is 49.1 Å². The van der Waals surface area contributed by atoms with Gasteiger partial charge < -0.3 is 5.73 Å². The van der Waals surface area contributed by atoms with Crippen LogP contribution in [0.3, 0.4) is 0 Å². The van der Waals surface area contributed by atoms with Crippen LogP contribution in [0, 0.1) is 13.8 Å². The smallest absolute Gasteiger partial charge is 0.0409 e. The predicted molar refractivity (Wildman–Crippen MR) is 78.0 cm³/mol. The van der Waals surface area contributed by atoms with E-state index in [0.717, 1.165) is 17.0 Å². The summed E-state index contributed by atoms with van der Waals surface area (Å²) >= 11 is 6.03. The fourth-order valence-corrected chi connectivity index (χ4v) is 2.39. The van der Waals surface area contributed by atoms with Crippen molar-refractivity contribution in [1.29, 1.82) is 0 Å². The van der Waals surface area contributed by atoms with Gasteiger partial charge in [0, 0.05) is 11.1 Å². The maximum Gasteiger partial charge on any atom is 0.0409 e. The number of hydrogen-bond acceptors (Lipinski definition) is 1. The predicted octanol–water partition coefficient (Wildman–Crippen LogP) is 4.20. The van der Waals surface area contributed by atoms with Crippen LogP contribution in [-0.2, 0) is 6.42 Å². The molecule has 18 heavy (non-hydrogen) atoms. The van der Waals surface area contributed by atoms with E-state index < -0.39 is 0 Å². The molecule has 0 aromatic heterocycles. The van der Waals surface area contributed by atoms with Crippen LogP contribution < -0.4 is 5.73 Å². The molecule has 2 N–H and O–H groups in total.